The van der Waals surface area contributed by atoms with Crippen molar-refractivity contribution in [1.29, 1.82) is 0 Å². The minimum absolute atomic E-state index is 0.0752. The largest absolute Gasteiger partial charge is 0.468 e. The number of esters is 2. The Labute approximate surface area is 101 Å². The molecule has 0 radical (unpaired) electrons. The quantitative estimate of drug-likeness (QED) is 0.314. The number of rotatable bonds is 5. The lowest BCUT2D eigenvalue weighted by atomic mass is 9.81. The van der Waals surface area contributed by atoms with Gasteiger partial charge in [0.25, 0.3) is 0 Å². The molecule has 0 aromatic carbocycles. The van der Waals surface area contributed by atoms with E-state index in [1.807, 2.05) is 0 Å². The summed E-state index contributed by atoms with van der Waals surface area (Å²) in [6.45, 7) is 1.77. The molecule has 92 valence electrons. The van der Waals surface area contributed by atoms with E-state index in [2.05, 4.69) is 21.1 Å². The molecule has 0 bridgehead atoms. The molecular weight excluding hydrogens is 220 g/mol. The molecule has 0 rings (SSSR count). The average molecular weight is 236 g/mol. The summed E-state index contributed by atoms with van der Waals surface area (Å²) in [4.78, 5) is 23.5. The third-order valence-corrected chi connectivity index (χ3v) is 2.29. The summed E-state index contributed by atoms with van der Waals surface area (Å²) in [5, 5.41) is 0. The van der Waals surface area contributed by atoms with Crippen LogP contribution in [0.3, 0.4) is 0 Å². The van der Waals surface area contributed by atoms with Gasteiger partial charge in [-0.05, 0) is 19.1 Å². The van der Waals surface area contributed by atoms with E-state index in [9.17, 15) is 9.59 Å². The minimum Gasteiger partial charge on any atom is -0.468 e. The molecule has 0 saturated heterocycles. The first kappa shape index (κ1) is 15.0. The van der Waals surface area contributed by atoms with Crippen molar-refractivity contribution in [3.05, 3.63) is 17.9 Å². The number of ether oxygens (including phenoxy) is 2. The smallest absolute Gasteiger partial charge is 0.324 e. The average Bonchev–Trinajstić information content (AvgIpc) is 2.35. The van der Waals surface area contributed by atoms with E-state index >= 15 is 0 Å². The zero-order valence-electron chi connectivity index (χ0n) is 10.3. The molecule has 4 nitrogen and oxygen atoms in total. The molecule has 0 fully saturated rings. The Morgan fingerprint density at radius 3 is 2.18 bits per heavy atom. The van der Waals surface area contributed by atoms with Crippen LogP contribution in [0.2, 0.25) is 0 Å². The summed E-state index contributed by atoms with van der Waals surface area (Å²) in [7, 11) is 2.41. The monoisotopic (exact) mass is 236 g/mol. The maximum absolute atomic E-state index is 11.7. The molecule has 0 heterocycles. The number of terminal acetylenes is 1. The van der Waals surface area contributed by atoms with Gasteiger partial charge in [-0.3, -0.25) is 9.59 Å². The van der Waals surface area contributed by atoms with Crippen molar-refractivity contribution in [1.82, 2.24) is 0 Å². The van der Waals surface area contributed by atoms with Crippen LogP contribution in [0.4, 0.5) is 0 Å². The highest BCUT2D eigenvalue weighted by atomic mass is 16.5. The zero-order chi connectivity index (χ0) is 13.3. The molecule has 0 aromatic heterocycles. The number of hydrogen-bond donors (Lipinski definition) is 0. The molecule has 0 amide bonds. The number of methoxy groups -OCH3 is 2. The molecule has 0 unspecified atom stereocenters. The van der Waals surface area contributed by atoms with E-state index in [1.54, 1.807) is 19.1 Å². The Bertz CT molecular complexity index is 365. The van der Waals surface area contributed by atoms with Gasteiger partial charge >= 0.3 is 11.9 Å². The maximum Gasteiger partial charge on any atom is 0.324 e. The van der Waals surface area contributed by atoms with E-state index < -0.39 is 17.4 Å². The Morgan fingerprint density at radius 2 is 1.82 bits per heavy atom. The normalized spacial score (nSPS) is 9.53. The van der Waals surface area contributed by atoms with Crippen molar-refractivity contribution in [2.45, 2.75) is 19.8 Å². The highest BCUT2D eigenvalue weighted by Gasteiger charge is 2.47. The number of allylic oxidation sites excluding steroid dienone is 1. The third kappa shape index (κ3) is 3.51. The van der Waals surface area contributed by atoms with Crippen LogP contribution in [0, 0.1) is 17.8 Å². The molecule has 0 aliphatic heterocycles. The third-order valence-electron chi connectivity index (χ3n) is 2.29. The molecule has 0 aliphatic carbocycles. The van der Waals surface area contributed by atoms with Crippen molar-refractivity contribution in [3.63, 3.8) is 0 Å². The molecule has 0 saturated carbocycles. The predicted octanol–water partition coefficient (Wildman–Crippen LogP) is 1.46. The van der Waals surface area contributed by atoms with Crippen molar-refractivity contribution in [3.8, 4) is 12.3 Å². The van der Waals surface area contributed by atoms with E-state index in [0.29, 0.717) is 0 Å². The Kier molecular flexibility index (Phi) is 6.47. The van der Waals surface area contributed by atoms with Crippen molar-refractivity contribution in [2.75, 3.05) is 14.2 Å². The summed E-state index contributed by atoms with van der Waals surface area (Å²) in [5.74, 6) is 0.911. The van der Waals surface area contributed by atoms with Crippen LogP contribution in [0.25, 0.3) is 0 Å². The highest BCUT2D eigenvalue weighted by molar-refractivity contribution is 6.00. The summed E-state index contributed by atoms with van der Waals surface area (Å²) in [6.07, 6.45) is 8.44. The number of carbonyl (C=O) groups is 2. The van der Waals surface area contributed by atoms with Gasteiger partial charge in [0.15, 0.2) is 5.41 Å². The van der Waals surface area contributed by atoms with Crippen LogP contribution < -0.4 is 0 Å². The fourth-order valence-corrected chi connectivity index (χ4v) is 1.38. The number of carbonyl (C=O) groups excluding carboxylic acids is 2. The van der Waals surface area contributed by atoms with Gasteiger partial charge in [-0.1, -0.05) is 0 Å². The number of hydrogen-bond acceptors (Lipinski definition) is 4. The van der Waals surface area contributed by atoms with Gasteiger partial charge < -0.3 is 9.47 Å². The van der Waals surface area contributed by atoms with Crippen molar-refractivity contribution >= 4 is 11.9 Å². The van der Waals surface area contributed by atoms with Crippen LogP contribution in [0.5, 0.6) is 0 Å². The van der Waals surface area contributed by atoms with Gasteiger partial charge in [-0.15, -0.1) is 18.1 Å². The van der Waals surface area contributed by atoms with Crippen LogP contribution >= 0.6 is 0 Å². The lowest BCUT2D eigenvalue weighted by molar-refractivity contribution is -0.168. The second-order valence-corrected chi connectivity index (χ2v) is 3.31. The van der Waals surface area contributed by atoms with Crippen molar-refractivity contribution in [2.24, 2.45) is 5.41 Å². The molecule has 0 spiro atoms. The summed E-state index contributed by atoms with van der Waals surface area (Å²) in [6, 6.07) is 0. The van der Waals surface area contributed by atoms with Crippen LogP contribution in [-0.2, 0) is 19.1 Å². The fraction of sp³-hybridized carbons (Fsp3) is 0.462. The van der Waals surface area contributed by atoms with E-state index in [0.717, 1.165) is 0 Å². The zero-order valence-corrected chi connectivity index (χ0v) is 10.3. The predicted molar refractivity (Wildman–Crippen MR) is 62.9 cm³/mol. The van der Waals surface area contributed by atoms with Gasteiger partial charge in [0.1, 0.15) is 0 Å². The fourth-order valence-electron chi connectivity index (χ4n) is 1.38. The van der Waals surface area contributed by atoms with E-state index in [4.69, 9.17) is 6.42 Å². The second kappa shape index (κ2) is 7.32. The lowest BCUT2D eigenvalue weighted by Crippen LogP contribution is -2.40. The van der Waals surface area contributed by atoms with Gasteiger partial charge in [-0.2, -0.15) is 0 Å². The Morgan fingerprint density at radius 1 is 1.29 bits per heavy atom. The molecule has 0 N–H and O–H groups in total. The molecule has 0 aromatic rings. The topological polar surface area (TPSA) is 52.6 Å². The maximum atomic E-state index is 11.7. The summed E-state index contributed by atoms with van der Waals surface area (Å²) in [5.41, 5.74) is 1.31. The van der Waals surface area contributed by atoms with Crippen LogP contribution in [0.1, 0.15) is 19.8 Å². The molecule has 0 atom stereocenters. The van der Waals surface area contributed by atoms with Gasteiger partial charge in [-0.25, -0.2) is 0 Å². The van der Waals surface area contributed by atoms with Crippen LogP contribution in [0.15, 0.2) is 17.9 Å². The molecular formula is C13H16O4. The van der Waals surface area contributed by atoms with Gasteiger partial charge in [0.2, 0.25) is 0 Å². The summed E-state index contributed by atoms with van der Waals surface area (Å²) >= 11 is 0. The Balaban J connectivity index is 5.40. The molecule has 0 aliphatic rings. The molecule has 17 heavy (non-hydrogen) atoms. The summed E-state index contributed by atoms with van der Waals surface area (Å²) < 4.78 is 9.26. The van der Waals surface area contributed by atoms with Gasteiger partial charge in [0, 0.05) is 12.8 Å². The minimum atomic E-state index is -1.48. The lowest BCUT2D eigenvalue weighted by Gasteiger charge is -2.24. The van der Waals surface area contributed by atoms with Gasteiger partial charge in [0.05, 0.1) is 14.2 Å². The van der Waals surface area contributed by atoms with E-state index in [1.165, 1.54) is 14.2 Å². The standard InChI is InChI=1S/C13H16O4/c1-5-7-8-10-13(9-6-2,11(14)16-3)12(15)17-4/h2,5,8H,9-10H2,1,3-4H3. The molecule has 4 heteroatoms. The Hall–Kier alpha value is -1.98. The van der Waals surface area contributed by atoms with Crippen molar-refractivity contribution < 1.29 is 19.1 Å². The second-order valence-electron chi connectivity index (χ2n) is 3.31. The SMILES string of the molecule is C#CCC(CC=C=CC)(C(=O)OC)C(=O)OC. The first-order valence-electron chi connectivity index (χ1n) is 5.05. The van der Waals surface area contributed by atoms with E-state index in [-0.39, 0.29) is 12.8 Å². The van der Waals surface area contributed by atoms with Crippen LogP contribution in [-0.4, -0.2) is 26.2 Å². The first-order valence-corrected chi connectivity index (χ1v) is 5.05. The first-order chi connectivity index (χ1) is 8.08. The highest BCUT2D eigenvalue weighted by Crippen LogP contribution is 2.30.